The van der Waals surface area contributed by atoms with E-state index < -0.39 is 0 Å². The lowest BCUT2D eigenvalue weighted by Crippen LogP contribution is -2.39. The highest BCUT2D eigenvalue weighted by atomic mass is 32.1. The molecule has 1 aromatic carbocycles. The number of hydrogen-bond donors (Lipinski definition) is 0. The lowest BCUT2D eigenvalue weighted by Gasteiger charge is -2.28. The fraction of sp³-hybridized carbons (Fsp3) is 0.400. The van der Waals surface area contributed by atoms with Crippen LogP contribution in [0.4, 0.5) is 0 Å². The predicted molar refractivity (Wildman–Crippen MR) is 132 cm³/mol. The maximum absolute atomic E-state index is 13.4. The Balaban J connectivity index is 1.23. The largest absolute Gasteiger partial charge is 0.336 e. The zero-order valence-electron chi connectivity index (χ0n) is 19.6. The molecule has 2 amide bonds. The van der Waals surface area contributed by atoms with E-state index in [0.29, 0.717) is 37.7 Å². The Morgan fingerprint density at radius 3 is 2.83 bits per heavy atom. The van der Waals surface area contributed by atoms with Gasteiger partial charge in [0.2, 0.25) is 5.91 Å². The summed E-state index contributed by atoms with van der Waals surface area (Å²) in [5.74, 6) is 0.507. The second-order valence-electron chi connectivity index (χ2n) is 9.49. The van der Waals surface area contributed by atoms with Crippen molar-refractivity contribution in [1.82, 2.24) is 34.3 Å². The van der Waals surface area contributed by atoms with Crippen molar-refractivity contribution in [2.75, 3.05) is 13.6 Å². The number of fused-ring (bicyclic) bond motifs is 2. The zero-order chi connectivity index (χ0) is 23.9. The van der Waals surface area contributed by atoms with Crippen molar-refractivity contribution in [3.8, 4) is 0 Å². The summed E-state index contributed by atoms with van der Waals surface area (Å²) in [5.41, 5.74) is 5.94. The van der Waals surface area contributed by atoms with Crippen LogP contribution >= 0.6 is 11.3 Å². The fourth-order valence-corrected chi connectivity index (χ4v) is 5.27. The topological polar surface area (TPSA) is 89.2 Å². The lowest BCUT2D eigenvalue weighted by molar-refractivity contribution is -0.133. The van der Waals surface area contributed by atoms with Crippen LogP contribution in [0.25, 0.3) is 10.9 Å². The molecule has 0 spiro atoms. The monoisotopic (exact) mass is 489 g/mol. The van der Waals surface area contributed by atoms with E-state index in [1.165, 1.54) is 24.2 Å². The van der Waals surface area contributed by atoms with Crippen molar-refractivity contribution in [2.45, 2.75) is 45.4 Å². The molecular weight excluding hydrogens is 462 g/mol. The Labute approximate surface area is 207 Å². The molecule has 0 N–H and O–H groups in total. The molecule has 0 unspecified atom stereocenters. The molecule has 1 saturated carbocycles. The Morgan fingerprint density at radius 1 is 1.20 bits per heavy atom. The molecule has 3 aromatic heterocycles. The van der Waals surface area contributed by atoms with Gasteiger partial charge < -0.3 is 9.80 Å². The van der Waals surface area contributed by atoms with Gasteiger partial charge >= 0.3 is 0 Å². The summed E-state index contributed by atoms with van der Waals surface area (Å²) in [5, 5.41) is 12.3. The summed E-state index contributed by atoms with van der Waals surface area (Å²) in [4.78, 5) is 34.4. The first-order chi connectivity index (χ1) is 17.0. The Bertz CT molecular complexity index is 1350. The second kappa shape index (κ2) is 8.92. The molecule has 6 rings (SSSR count). The van der Waals surface area contributed by atoms with Crippen LogP contribution < -0.4 is 0 Å². The number of hydrogen-bond acceptors (Lipinski definition) is 6. The normalized spacial score (nSPS) is 15.4. The summed E-state index contributed by atoms with van der Waals surface area (Å²) in [6.07, 6.45) is 5.03. The predicted octanol–water partition coefficient (Wildman–Crippen LogP) is 2.96. The van der Waals surface area contributed by atoms with Crippen LogP contribution in [0.5, 0.6) is 0 Å². The van der Waals surface area contributed by atoms with Crippen LogP contribution in [0.1, 0.15) is 40.3 Å². The van der Waals surface area contributed by atoms with Gasteiger partial charge in [0.05, 0.1) is 23.3 Å². The maximum Gasteiger partial charge on any atom is 0.274 e. The SMILES string of the molecule is CN(Cc1cscn1)C(=O)c1nn(CC2CC2)c2c1CN(C(=O)Cn1cc3ccccc3n1)CC2. The molecule has 1 aliphatic carbocycles. The van der Waals surface area contributed by atoms with Crippen molar-refractivity contribution < 1.29 is 9.59 Å². The minimum absolute atomic E-state index is 0.00683. The average Bonchev–Trinajstić information content (AvgIpc) is 3.22. The molecule has 0 saturated heterocycles. The second-order valence-corrected chi connectivity index (χ2v) is 10.2. The third-order valence-corrected chi connectivity index (χ3v) is 7.44. The molecular formula is C25H27N7O2S. The summed E-state index contributed by atoms with van der Waals surface area (Å²) in [7, 11) is 1.78. The minimum Gasteiger partial charge on any atom is -0.336 e. The fourth-order valence-electron chi connectivity index (χ4n) is 4.72. The number of thiazole rings is 1. The number of aromatic nitrogens is 5. The van der Waals surface area contributed by atoms with Crippen LogP contribution in [0, 0.1) is 5.92 Å². The van der Waals surface area contributed by atoms with Crippen LogP contribution in [-0.4, -0.2) is 59.8 Å². The Morgan fingerprint density at radius 2 is 2.06 bits per heavy atom. The van der Waals surface area contributed by atoms with Gasteiger partial charge in [-0.25, -0.2) is 4.98 Å². The van der Waals surface area contributed by atoms with Crippen molar-refractivity contribution in [2.24, 2.45) is 5.92 Å². The molecule has 1 aliphatic heterocycles. The molecule has 4 aromatic rings. The van der Waals surface area contributed by atoms with Crippen molar-refractivity contribution in [1.29, 1.82) is 0 Å². The molecule has 0 radical (unpaired) electrons. The van der Waals surface area contributed by atoms with Crippen LogP contribution in [0.15, 0.2) is 41.4 Å². The summed E-state index contributed by atoms with van der Waals surface area (Å²) in [6, 6.07) is 7.84. The van der Waals surface area contributed by atoms with Gasteiger partial charge in [-0.3, -0.25) is 19.0 Å². The van der Waals surface area contributed by atoms with E-state index in [0.717, 1.165) is 34.4 Å². The van der Waals surface area contributed by atoms with E-state index in [9.17, 15) is 9.59 Å². The molecule has 0 bridgehead atoms. The van der Waals surface area contributed by atoms with Crippen molar-refractivity contribution in [3.63, 3.8) is 0 Å². The molecule has 35 heavy (non-hydrogen) atoms. The molecule has 4 heterocycles. The minimum atomic E-state index is -0.128. The van der Waals surface area contributed by atoms with Gasteiger partial charge in [0.25, 0.3) is 5.91 Å². The van der Waals surface area contributed by atoms with E-state index in [-0.39, 0.29) is 18.4 Å². The van der Waals surface area contributed by atoms with E-state index in [1.807, 2.05) is 45.4 Å². The van der Waals surface area contributed by atoms with E-state index in [4.69, 9.17) is 5.10 Å². The van der Waals surface area contributed by atoms with Crippen molar-refractivity contribution in [3.05, 3.63) is 64.0 Å². The van der Waals surface area contributed by atoms with Gasteiger partial charge in [-0.05, 0) is 24.8 Å². The van der Waals surface area contributed by atoms with Crippen LogP contribution in [-0.2, 0) is 37.4 Å². The maximum atomic E-state index is 13.4. The van der Waals surface area contributed by atoms with E-state index in [2.05, 4.69) is 10.1 Å². The third-order valence-electron chi connectivity index (χ3n) is 6.80. The molecule has 9 nitrogen and oxygen atoms in total. The highest BCUT2D eigenvalue weighted by Crippen LogP contribution is 2.33. The molecule has 2 aliphatic rings. The smallest absolute Gasteiger partial charge is 0.274 e. The number of amides is 2. The Hall–Kier alpha value is -3.53. The van der Waals surface area contributed by atoms with Gasteiger partial charge in [-0.1, -0.05) is 18.2 Å². The summed E-state index contributed by atoms with van der Waals surface area (Å²) < 4.78 is 3.73. The third kappa shape index (κ3) is 4.45. The lowest BCUT2D eigenvalue weighted by atomic mass is 10.0. The number of carbonyl (C=O) groups is 2. The van der Waals surface area contributed by atoms with Gasteiger partial charge in [0, 0.05) is 61.3 Å². The number of rotatable bonds is 7. The van der Waals surface area contributed by atoms with E-state index in [1.54, 1.807) is 22.1 Å². The van der Waals surface area contributed by atoms with Crippen LogP contribution in [0.2, 0.25) is 0 Å². The number of benzene rings is 1. The summed E-state index contributed by atoms with van der Waals surface area (Å²) in [6.45, 7) is 2.46. The van der Waals surface area contributed by atoms with Gasteiger partial charge in [-0.2, -0.15) is 10.2 Å². The van der Waals surface area contributed by atoms with Crippen molar-refractivity contribution >= 4 is 34.1 Å². The molecule has 1 fully saturated rings. The standard InChI is InChI=1S/C25H27N7O2S/c1-29(12-19-15-35-16-26-19)25(34)24-20-13-30(9-8-22(20)32(28-24)10-17-6-7-17)23(33)14-31-11-18-4-2-3-5-21(18)27-31/h2-5,11,15-17H,6-10,12-14H2,1H3. The first-order valence-electron chi connectivity index (χ1n) is 12.0. The highest BCUT2D eigenvalue weighted by Gasteiger charge is 2.33. The first-order valence-corrected chi connectivity index (χ1v) is 12.9. The van der Waals surface area contributed by atoms with Gasteiger partial charge in [-0.15, -0.1) is 11.3 Å². The number of nitrogens with zero attached hydrogens (tertiary/aromatic N) is 7. The molecule has 0 atom stereocenters. The average molecular weight is 490 g/mol. The summed E-state index contributed by atoms with van der Waals surface area (Å²) >= 11 is 1.52. The first kappa shape index (κ1) is 22.0. The molecule has 180 valence electrons. The van der Waals surface area contributed by atoms with Crippen LogP contribution in [0.3, 0.4) is 0 Å². The molecule has 10 heteroatoms. The van der Waals surface area contributed by atoms with Gasteiger partial charge in [0.1, 0.15) is 6.54 Å². The Kier molecular flexibility index (Phi) is 5.60. The van der Waals surface area contributed by atoms with Gasteiger partial charge in [0.15, 0.2) is 5.69 Å². The highest BCUT2D eigenvalue weighted by molar-refractivity contribution is 7.07. The quantitative estimate of drug-likeness (QED) is 0.398. The van der Waals surface area contributed by atoms with E-state index >= 15 is 0 Å². The number of carbonyl (C=O) groups excluding carboxylic acids is 2. The zero-order valence-corrected chi connectivity index (χ0v) is 20.4.